The van der Waals surface area contributed by atoms with Crippen LogP contribution in [0.25, 0.3) is 0 Å². The normalized spacial score (nSPS) is 16.3. The summed E-state index contributed by atoms with van der Waals surface area (Å²) in [5.41, 5.74) is 6.46. The van der Waals surface area contributed by atoms with E-state index < -0.39 is 0 Å². The highest BCUT2D eigenvalue weighted by Gasteiger charge is 2.11. The Kier molecular flexibility index (Phi) is 2.08. The summed E-state index contributed by atoms with van der Waals surface area (Å²) in [5.74, 6) is 0.844. The van der Waals surface area contributed by atoms with Gasteiger partial charge in [0.15, 0.2) is 0 Å². The second kappa shape index (κ2) is 3.24. The third kappa shape index (κ3) is 1.59. The molecule has 1 heterocycles. The first-order chi connectivity index (χ1) is 6.27. The lowest BCUT2D eigenvalue weighted by Gasteiger charge is -2.03. The molecular weight excluding hydrogens is 166 g/mol. The Morgan fingerprint density at radius 3 is 2.85 bits per heavy atom. The Morgan fingerprint density at radius 1 is 1.23 bits per heavy atom. The maximum atomic E-state index is 11.1. The largest absolute Gasteiger partial charge is 0.426 e. The van der Waals surface area contributed by atoms with Crippen LogP contribution in [0.4, 0.5) is 5.69 Å². The number of anilines is 1. The molecular formula is C10H13NO2. The standard InChI is InChI=1S/C10H13NO2/c11-8-6-7-4-2-1-3-5-9(7)13-10(8)12/h6H,1-5,11H2. The van der Waals surface area contributed by atoms with Gasteiger partial charge in [-0.2, -0.15) is 0 Å². The predicted molar refractivity (Wildman–Crippen MR) is 50.6 cm³/mol. The van der Waals surface area contributed by atoms with Crippen LogP contribution in [0.15, 0.2) is 15.3 Å². The SMILES string of the molecule is Nc1cc2c(oc1=O)CCCCC2. The Hall–Kier alpha value is -1.25. The minimum absolute atomic E-state index is 0.237. The van der Waals surface area contributed by atoms with Crippen LogP contribution in [0.1, 0.15) is 30.6 Å². The van der Waals surface area contributed by atoms with Gasteiger partial charge in [0.25, 0.3) is 0 Å². The number of rotatable bonds is 0. The second-order valence-electron chi connectivity index (χ2n) is 3.50. The molecule has 0 bridgehead atoms. The molecule has 2 rings (SSSR count). The van der Waals surface area contributed by atoms with E-state index >= 15 is 0 Å². The highest BCUT2D eigenvalue weighted by Crippen LogP contribution is 2.20. The molecule has 2 N–H and O–H groups in total. The van der Waals surface area contributed by atoms with Gasteiger partial charge in [0.2, 0.25) is 0 Å². The molecule has 0 aliphatic heterocycles. The van der Waals surface area contributed by atoms with Gasteiger partial charge in [-0.3, -0.25) is 0 Å². The fraction of sp³-hybridized carbons (Fsp3) is 0.500. The van der Waals surface area contributed by atoms with Gasteiger partial charge in [0.1, 0.15) is 11.4 Å². The zero-order valence-electron chi connectivity index (χ0n) is 7.51. The van der Waals surface area contributed by atoms with E-state index in [2.05, 4.69) is 0 Å². The lowest BCUT2D eigenvalue weighted by molar-refractivity contribution is 0.455. The van der Waals surface area contributed by atoms with E-state index in [0.717, 1.165) is 30.6 Å². The first kappa shape index (κ1) is 8.35. The average Bonchev–Trinajstić information content (AvgIpc) is 2.31. The fourth-order valence-electron chi connectivity index (χ4n) is 1.76. The van der Waals surface area contributed by atoms with Crippen molar-refractivity contribution in [1.82, 2.24) is 0 Å². The summed E-state index contributed by atoms with van der Waals surface area (Å²) in [5, 5.41) is 0. The highest BCUT2D eigenvalue weighted by atomic mass is 16.4. The fourth-order valence-corrected chi connectivity index (χ4v) is 1.76. The van der Waals surface area contributed by atoms with Crippen molar-refractivity contribution in [2.75, 3.05) is 5.73 Å². The van der Waals surface area contributed by atoms with Gasteiger partial charge in [0.05, 0.1) is 0 Å². The molecule has 0 spiro atoms. The monoisotopic (exact) mass is 179 g/mol. The van der Waals surface area contributed by atoms with Crippen molar-refractivity contribution in [2.24, 2.45) is 0 Å². The molecule has 1 aliphatic rings. The van der Waals surface area contributed by atoms with Crippen molar-refractivity contribution in [3.8, 4) is 0 Å². The average molecular weight is 179 g/mol. The van der Waals surface area contributed by atoms with Gasteiger partial charge in [-0.1, -0.05) is 6.42 Å². The van der Waals surface area contributed by atoms with Crippen molar-refractivity contribution in [1.29, 1.82) is 0 Å². The van der Waals surface area contributed by atoms with E-state index in [9.17, 15) is 4.79 Å². The lowest BCUT2D eigenvalue weighted by atomic mass is 10.1. The topological polar surface area (TPSA) is 56.2 Å². The smallest absolute Gasteiger partial charge is 0.359 e. The van der Waals surface area contributed by atoms with Crippen molar-refractivity contribution < 1.29 is 4.42 Å². The summed E-state index contributed by atoms with van der Waals surface area (Å²) < 4.78 is 5.13. The Morgan fingerprint density at radius 2 is 2.00 bits per heavy atom. The summed E-state index contributed by atoms with van der Waals surface area (Å²) >= 11 is 0. The Balaban J connectivity index is 2.49. The van der Waals surface area contributed by atoms with Gasteiger partial charge in [0, 0.05) is 6.42 Å². The summed E-state index contributed by atoms with van der Waals surface area (Å²) in [7, 11) is 0. The lowest BCUT2D eigenvalue weighted by Crippen LogP contribution is -2.09. The van der Waals surface area contributed by atoms with Gasteiger partial charge in [-0.25, -0.2) is 4.79 Å². The zero-order valence-corrected chi connectivity index (χ0v) is 7.51. The van der Waals surface area contributed by atoms with E-state index in [1.807, 2.05) is 0 Å². The molecule has 0 saturated carbocycles. The number of hydrogen-bond donors (Lipinski definition) is 1. The minimum atomic E-state index is -0.388. The second-order valence-corrected chi connectivity index (χ2v) is 3.50. The maximum Gasteiger partial charge on any atom is 0.359 e. The van der Waals surface area contributed by atoms with Crippen LogP contribution in [0.5, 0.6) is 0 Å². The molecule has 0 aromatic carbocycles. The van der Waals surface area contributed by atoms with E-state index in [-0.39, 0.29) is 11.3 Å². The summed E-state index contributed by atoms with van der Waals surface area (Å²) in [6, 6.07) is 1.77. The zero-order chi connectivity index (χ0) is 9.26. The van der Waals surface area contributed by atoms with Gasteiger partial charge >= 0.3 is 5.63 Å². The summed E-state index contributed by atoms with van der Waals surface area (Å²) in [4.78, 5) is 11.1. The molecule has 0 amide bonds. The Bertz CT molecular complexity index is 368. The first-order valence-electron chi connectivity index (χ1n) is 4.69. The van der Waals surface area contributed by atoms with Gasteiger partial charge < -0.3 is 10.2 Å². The number of nitrogen functional groups attached to an aromatic ring is 1. The number of hydrogen-bond acceptors (Lipinski definition) is 3. The van der Waals surface area contributed by atoms with Crippen LogP contribution in [-0.2, 0) is 12.8 Å². The van der Waals surface area contributed by atoms with E-state index in [1.54, 1.807) is 6.07 Å². The molecule has 3 heteroatoms. The Labute approximate surface area is 76.6 Å². The molecule has 13 heavy (non-hydrogen) atoms. The summed E-state index contributed by atoms with van der Waals surface area (Å²) in [6.07, 6.45) is 5.35. The molecule has 1 aromatic heterocycles. The van der Waals surface area contributed by atoms with E-state index in [4.69, 9.17) is 10.2 Å². The van der Waals surface area contributed by atoms with Crippen LogP contribution in [0, 0.1) is 0 Å². The third-order valence-corrected chi connectivity index (χ3v) is 2.49. The molecule has 1 aromatic rings. The van der Waals surface area contributed by atoms with Crippen LogP contribution < -0.4 is 11.4 Å². The minimum Gasteiger partial charge on any atom is -0.426 e. The maximum absolute atomic E-state index is 11.1. The van der Waals surface area contributed by atoms with Gasteiger partial charge in [-0.15, -0.1) is 0 Å². The molecule has 0 radical (unpaired) electrons. The molecule has 0 fully saturated rings. The third-order valence-electron chi connectivity index (χ3n) is 2.49. The van der Waals surface area contributed by atoms with Crippen molar-refractivity contribution in [2.45, 2.75) is 32.1 Å². The van der Waals surface area contributed by atoms with Crippen LogP contribution in [0.3, 0.4) is 0 Å². The molecule has 70 valence electrons. The number of fused-ring (bicyclic) bond motifs is 1. The quantitative estimate of drug-likeness (QED) is 0.614. The highest BCUT2D eigenvalue weighted by molar-refractivity contribution is 5.38. The molecule has 3 nitrogen and oxygen atoms in total. The van der Waals surface area contributed by atoms with E-state index in [0.29, 0.717) is 0 Å². The molecule has 0 unspecified atom stereocenters. The van der Waals surface area contributed by atoms with Crippen LogP contribution >= 0.6 is 0 Å². The van der Waals surface area contributed by atoms with Crippen molar-refractivity contribution in [3.05, 3.63) is 27.8 Å². The van der Waals surface area contributed by atoms with Crippen molar-refractivity contribution in [3.63, 3.8) is 0 Å². The first-order valence-corrected chi connectivity index (χ1v) is 4.69. The molecule has 0 atom stereocenters. The van der Waals surface area contributed by atoms with Crippen LogP contribution in [-0.4, -0.2) is 0 Å². The molecule has 0 saturated heterocycles. The summed E-state index contributed by atoms with van der Waals surface area (Å²) in [6.45, 7) is 0. The van der Waals surface area contributed by atoms with Crippen LogP contribution in [0.2, 0.25) is 0 Å². The van der Waals surface area contributed by atoms with E-state index in [1.165, 1.54) is 12.8 Å². The number of nitrogens with two attached hydrogens (primary N) is 1. The number of aryl methyl sites for hydroxylation is 2. The van der Waals surface area contributed by atoms with Crippen molar-refractivity contribution >= 4 is 5.69 Å². The molecule has 1 aliphatic carbocycles. The predicted octanol–water partition coefficient (Wildman–Crippen LogP) is 1.49. The van der Waals surface area contributed by atoms with Gasteiger partial charge in [-0.05, 0) is 30.9 Å².